The Morgan fingerprint density at radius 3 is 2.22 bits per heavy atom. The monoisotopic (exact) mass is 376 g/mol. The second-order valence-corrected chi connectivity index (χ2v) is 5.51. The molecule has 2 rings (SSSR count). The van der Waals surface area contributed by atoms with Crippen LogP contribution in [0.4, 0.5) is 13.2 Å². The van der Waals surface area contributed by atoms with Crippen molar-refractivity contribution < 1.29 is 27.4 Å². The van der Waals surface area contributed by atoms with Crippen molar-refractivity contribution in [1.82, 2.24) is 0 Å². The highest BCUT2D eigenvalue weighted by molar-refractivity contribution is 5.96. The molecule has 0 saturated heterocycles. The van der Waals surface area contributed by atoms with Crippen LogP contribution in [0.2, 0.25) is 0 Å². The summed E-state index contributed by atoms with van der Waals surface area (Å²) < 4.78 is 49.1. The largest absolute Gasteiger partial charge is 0.463 e. The minimum atomic E-state index is -4.43. The Kier molecular flexibility index (Phi) is 6.82. The number of esters is 1. The van der Waals surface area contributed by atoms with Crippen LogP contribution in [-0.2, 0) is 15.7 Å². The van der Waals surface area contributed by atoms with Crippen molar-refractivity contribution in [2.75, 3.05) is 6.61 Å². The molecular weight excluding hydrogens is 357 g/mol. The Bertz CT molecular complexity index is 807. The van der Waals surface area contributed by atoms with Crippen LogP contribution in [0.15, 0.2) is 72.8 Å². The highest BCUT2D eigenvalue weighted by Gasteiger charge is 2.30. The van der Waals surface area contributed by atoms with Gasteiger partial charge in [-0.1, -0.05) is 36.4 Å². The molecule has 3 nitrogen and oxygen atoms in total. The van der Waals surface area contributed by atoms with Gasteiger partial charge in [0.25, 0.3) is 0 Å². The van der Waals surface area contributed by atoms with Crippen molar-refractivity contribution in [3.8, 4) is 5.75 Å². The van der Waals surface area contributed by atoms with E-state index in [9.17, 15) is 18.0 Å². The van der Waals surface area contributed by atoms with Crippen LogP contribution in [0.25, 0.3) is 5.76 Å². The first-order valence-corrected chi connectivity index (χ1v) is 8.28. The summed E-state index contributed by atoms with van der Waals surface area (Å²) in [4.78, 5) is 12.4. The lowest BCUT2D eigenvalue weighted by Gasteiger charge is -2.16. The SMILES string of the molecule is C=CC/C(C(=O)OCC)=C(\Oc1ccc(C(F)(F)F)cc1)c1ccccc1. The van der Waals surface area contributed by atoms with Crippen molar-refractivity contribution >= 4 is 11.7 Å². The quantitative estimate of drug-likeness (QED) is 0.272. The molecule has 0 aliphatic rings. The van der Waals surface area contributed by atoms with E-state index in [0.29, 0.717) is 5.56 Å². The molecular formula is C21H19F3O3. The molecule has 0 unspecified atom stereocenters. The Balaban J connectivity index is 2.48. The third-order valence-electron chi connectivity index (χ3n) is 3.58. The molecule has 6 heteroatoms. The Labute approximate surface area is 155 Å². The van der Waals surface area contributed by atoms with Crippen molar-refractivity contribution in [2.45, 2.75) is 19.5 Å². The molecule has 27 heavy (non-hydrogen) atoms. The zero-order valence-electron chi connectivity index (χ0n) is 14.8. The summed E-state index contributed by atoms with van der Waals surface area (Å²) in [6.45, 7) is 5.51. The highest BCUT2D eigenvalue weighted by Crippen LogP contribution is 2.32. The topological polar surface area (TPSA) is 35.5 Å². The van der Waals surface area contributed by atoms with Gasteiger partial charge in [-0.2, -0.15) is 13.2 Å². The number of ether oxygens (including phenoxy) is 2. The maximum Gasteiger partial charge on any atom is 0.416 e. The summed E-state index contributed by atoms with van der Waals surface area (Å²) in [5, 5.41) is 0. The molecule has 142 valence electrons. The summed E-state index contributed by atoms with van der Waals surface area (Å²) >= 11 is 0. The van der Waals surface area contributed by atoms with Crippen LogP contribution in [0.3, 0.4) is 0 Å². The molecule has 0 heterocycles. The smallest absolute Gasteiger partial charge is 0.416 e. The normalized spacial score (nSPS) is 12.1. The zero-order chi connectivity index (χ0) is 19.9. The van der Waals surface area contributed by atoms with E-state index in [0.717, 1.165) is 12.1 Å². The molecule has 0 aliphatic heterocycles. The van der Waals surface area contributed by atoms with Gasteiger partial charge in [0.05, 0.1) is 17.7 Å². The van der Waals surface area contributed by atoms with E-state index in [4.69, 9.17) is 9.47 Å². The summed E-state index contributed by atoms with van der Waals surface area (Å²) in [7, 11) is 0. The fourth-order valence-corrected chi connectivity index (χ4v) is 2.35. The zero-order valence-corrected chi connectivity index (χ0v) is 14.8. The third kappa shape index (κ3) is 5.48. The van der Waals surface area contributed by atoms with Gasteiger partial charge in [-0.15, -0.1) is 6.58 Å². The van der Waals surface area contributed by atoms with Gasteiger partial charge in [0, 0.05) is 12.0 Å². The third-order valence-corrected chi connectivity index (χ3v) is 3.58. The van der Waals surface area contributed by atoms with E-state index < -0.39 is 17.7 Å². The highest BCUT2D eigenvalue weighted by atomic mass is 19.4. The first kappa shape index (κ1) is 20.3. The first-order chi connectivity index (χ1) is 12.9. The van der Waals surface area contributed by atoms with E-state index >= 15 is 0 Å². The average Bonchev–Trinajstić information content (AvgIpc) is 2.65. The molecule has 0 saturated carbocycles. The number of halogens is 3. The van der Waals surface area contributed by atoms with E-state index in [1.807, 2.05) is 0 Å². The van der Waals surface area contributed by atoms with Crippen molar-refractivity contribution in [3.63, 3.8) is 0 Å². The number of rotatable bonds is 7. The number of benzene rings is 2. The van der Waals surface area contributed by atoms with E-state index in [1.54, 1.807) is 37.3 Å². The summed E-state index contributed by atoms with van der Waals surface area (Å²) in [5.74, 6) is -0.176. The Morgan fingerprint density at radius 1 is 1.07 bits per heavy atom. The van der Waals surface area contributed by atoms with Gasteiger partial charge in [-0.05, 0) is 31.2 Å². The van der Waals surface area contributed by atoms with Crippen LogP contribution in [0.1, 0.15) is 24.5 Å². The minimum Gasteiger partial charge on any atom is -0.463 e. The van der Waals surface area contributed by atoms with Gasteiger partial charge in [0.15, 0.2) is 0 Å². The molecule has 0 spiro atoms. The van der Waals surface area contributed by atoms with Gasteiger partial charge < -0.3 is 9.47 Å². The molecule has 0 amide bonds. The standard InChI is InChI=1S/C21H19F3O3/c1-3-8-18(20(25)26-4-2)19(15-9-6-5-7-10-15)27-17-13-11-16(12-14-17)21(22,23)24/h3,5-7,9-14H,1,4,8H2,2H3/b19-18+. The Hall–Kier alpha value is -3.02. The average molecular weight is 376 g/mol. The number of carbonyl (C=O) groups is 1. The van der Waals surface area contributed by atoms with Gasteiger partial charge in [0.2, 0.25) is 0 Å². The van der Waals surface area contributed by atoms with Crippen molar-refractivity contribution in [3.05, 3.63) is 84.0 Å². The van der Waals surface area contributed by atoms with Crippen LogP contribution in [-0.4, -0.2) is 12.6 Å². The first-order valence-electron chi connectivity index (χ1n) is 8.28. The number of allylic oxidation sites excluding steroid dienone is 1. The van der Waals surface area contributed by atoms with Gasteiger partial charge >= 0.3 is 12.1 Å². The fraction of sp³-hybridized carbons (Fsp3) is 0.190. The van der Waals surface area contributed by atoms with Gasteiger partial charge in [-0.3, -0.25) is 0 Å². The maximum absolute atomic E-state index is 12.7. The molecule has 0 bridgehead atoms. The van der Waals surface area contributed by atoms with Crippen molar-refractivity contribution in [2.24, 2.45) is 0 Å². The predicted octanol–water partition coefficient (Wildman–Crippen LogP) is 5.63. The second kappa shape index (κ2) is 9.07. The van der Waals surface area contributed by atoms with E-state index in [2.05, 4.69) is 6.58 Å². The number of hydrogen-bond donors (Lipinski definition) is 0. The molecule has 0 fully saturated rings. The maximum atomic E-state index is 12.7. The summed E-state index contributed by atoms with van der Waals surface area (Å²) in [5.41, 5.74) is 0.0528. The van der Waals surface area contributed by atoms with Crippen LogP contribution < -0.4 is 4.74 Å². The molecule has 2 aromatic carbocycles. The van der Waals surface area contributed by atoms with Crippen molar-refractivity contribution in [1.29, 1.82) is 0 Å². The molecule has 0 aromatic heterocycles. The van der Waals surface area contributed by atoms with Gasteiger partial charge in [0.1, 0.15) is 11.5 Å². The number of alkyl halides is 3. The lowest BCUT2D eigenvalue weighted by atomic mass is 10.1. The minimum absolute atomic E-state index is 0.174. The number of hydrogen-bond acceptors (Lipinski definition) is 3. The van der Waals surface area contributed by atoms with Crippen LogP contribution >= 0.6 is 0 Å². The number of carbonyl (C=O) groups excluding carboxylic acids is 1. The lowest BCUT2D eigenvalue weighted by molar-refractivity contribution is -0.139. The van der Waals surface area contributed by atoms with E-state index in [-0.39, 0.29) is 30.1 Å². The molecule has 0 aliphatic carbocycles. The molecule has 0 atom stereocenters. The van der Waals surface area contributed by atoms with Gasteiger partial charge in [-0.25, -0.2) is 4.79 Å². The summed E-state index contributed by atoms with van der Waals surface area (Å²) in [6.07, 6.45) is -2.72. The lowest BCUT2D eigenvalue weighted by Crippen LogP contribution is -2.12. The Morgan fingerprint density at radius 2 is 1.70 bits per heavy atom. The molecule has 2 aromatic rings. The summed E-state index contributed by atoms with van der Waals surface area (Å²) in [6, 6.07) is 13.1. The van der Waals surface area contributed by atoms with Crippen LogP contribution in [0, 0.1) is 0 Å². The van der Waals surface area contributed by atoms with Crippen LogP contribution in [0.5, 0.6) is 5.75 Å². The second-order valence-electron chi connectivity index (χ2n) is 5.51. The predicted molar refractivity (Wildman–Crippen MR) is 96.9 cm³/mol. The molecule has 0 N–H and O–H groups in total. The molecule has 0 radical (unpaired) electrons. The fourth-order valence-electron chi connectivity index (χ4n) is 2.35. The van der Waals surface area contributed by atoms with E-state index in [1.165, 1.54) is 18.2 Å².